The van der Waals surface area contributed by atoms with Crippen molar-refractivity contribution in [1.82, 2.24) is 0 Å². The molecule has 1 unspecified atom stereocenters. The summed E-state index contributed by atoms with van der Waals surface area (Å²) in [4.78, 5) is 0. The van der Waals surface area contributed by atoms with E-state index in [0.717, 1.165) is 19.3 Å². The van der Waals surface area contributed by atoms with E-state index in [9.17, 15) is 8.76 Å². The zero-order valence-electron chi connectivity index (χ0n) is 6.79. The largest absolute Gasteiger partial charge is 1.00 e. The first-order valence-corrected chi connectivity index (χ1v) is 4.74. The molecule has 2 N–H and O–H groups in total. The Morgan fingerprint density at radius 2 is 2.18 bits per heavy atom. The first-order valence-electron chi connectivity index (χ1n) is 3.50. The van der Waals surface area contributed by atoms with Gasteiger partial charge in [0.1, 0.15) is 0 Å². The van der Waals surface area contributed by atoms with Crippen molar-refractivity contribution in [2.45, 2.75) is 25.3 Å². The van der Waals surface area contributed by atoms with Crippen molar-refractivity contribution in [3.8, 4) is 0 Å². The topological polar surface area (TPSA) is 66.2 Å². The van der Waals surface area contributed by atoms with Crippen LogP contribution in [-0.4, -0.2) is 20.6 Å². The van der Waals surface area contributed by atoms with Gasteiger partial charge in [0.15, 0.2) is 0 Å². The Kier molecular flexibility index (Phi) is 6.22. The van der Waals surface area contributed by atoms with E-state index in [-0.39, 0.29) is 35.6 Å². The Bertz CT molecular complexity index is 145. The van der Waals surface area contributed by atoms with Crippen LogP contribution in [0, 0.1) is 5.92 Å². The maximum absolute atomic E-state index is 10.2. The molecule has 0 amide bonds. The molecule has 0 aromatic carbocycles. The van der Waals surface area contributed by atoms with Crippen LogP contribution in [0.25, 0.3) is 0 Å². The van der Waals surface area contributed by atoms with Gasteiger partial charge in [0.2, 0.25) is 0 Å². The van der Waals surface area contributed by atoms with Crippen LogP contribution in [0.2, 0.25) is 0 Å². The van der Waals surface area contributed by atoms with E-state index in [4.69, 9.17) is 5.73 Å². The zero-order chi connectivity index (χ0) is 7.56. The average molecular weight is 185 g/mol. The van der Waals surface area contributed by atoms with Gasteiger partial charge in [-0.3, -0.25) is 4.21 Å². The second-order valence-corrected chi connectivity index (χ2v) is 3.85. The maximum Gasteiger partial charge on any atom is 1.00 e. The van der Waals surface area contributed by atoms with Crippen LogP contribution in [0.1, 0.15) is 19.3 Å². The van der Waals surface area contributed by atoms with Gasteiger partial charge in [0.25, 0.3) is 0 Å². The van der Waals surface area contributed by atoms with Gasteiger partial charge < -0.3 is 10.3 Å². The minimum atomic E-state index is -1.88. The first kappa shape index (κ1) is 12.1. The molecule has 0 aliphatic heterocycles. The molecule has 0 bridgehead atoms. The average Bonchev–Trinajstić information content (AvgIpc) is 2.13. The van der Waals surface area contributed by atoms with Crippen LogP contribution in [0.3, 0.4) is 0 Å². The Labute approximate surface area is 91.7 Å². The van der Waals surface area contributed by atoms with E-state index in [2.05, 4.69) is 0 Å². The Morgan fingerprint density at radius 1 is 1.55 bits per heavy atom. The number of nitrogens with two attached hydrogens (primary N) is 1. The molecule has 1 fully saturated rings. The van der Waals surface area contributed by atoms with Crippen molar-refractivity contribution < 1.29 is 38.3 Å². The van der Waals surface area contributed by atoms with Crippen molar-refractivity contribution in [3.63, 3.8) is 0 Å². The second kappa shape index (κ2) is 5.67. The van der Waals surface area contributed by atoms with Crippen LogP contribution in [0.4, 0.5) is 0 Å². The molecule has 0 spiro atoms. The van der Waals surface area contributed by atoms with Crippen LogP contribution in [0.15, 0.2) is 0 Å². The minimum Gasteiger partial charge on any atom is -0.772 e. The van der Waals surface area contributed by atoms with Gasteiger partial charge >= 0.3 is 29.6 Å². The second-order valence-electron chi connectivity index (χ2n) is 2.91. The number of rotatable bonds is 2. The summed E-state index contributed by atoms with van der Waals surface area (Å²) in [6, 6.07) is 0.244. The molecular weight excluding hydrogens is 173 g/mol. The SMILES string of the molecule is N[C@@H]1CC[C@H](CS(=O)[O-])C1.[Na+]. The molecule has 11 heavy (non-hydrogen) atoms. The molecule has 0 aromatic heterocycles. The fourth-order valence-electron chi connectivity index (χ4n) is 1.46. The fourth-order valence-corrected chi connectivity index (χ4v) is 2.15. The molecular formula is C6H12NNaO2S. The third-order valence-corrected chi connectivity index (χ3v) is 2.70. The molecule has 60 valence electrons. The molecule has 0 saturated heterocycles. The molecule has 0 aromatic rings. The summed E-state index contributed by atoms with van der Waals surface area (Å²) in [5.74, 6) is 0.626. The predicted molar refractivity (Wildman–Crippen MR) is 39.1 cm³/mol. The molecule has 1 rings (SSSR count). The van der Waals surface area contributed by atoms with E-state index < -0.39 is 11.1 Å². The number of hydrogen-bond acceptors (Lipinski definition) is 3. The third kappa shape index (κ3) is 4.60. The first-order chi connectivity index (χ1) is 4.68. The molecule has 3 atom stereocenters. The summed E-state index contributed by atoms with van der Waals surface area (Å²) < 4.78 is 20.4. The van der Waals surface area contributed by atoms with Crippen LogP contribution in [-0.2, 0) is 11.1 Å². The minimum absolute atomic E-state index is 0. The van der Waals surface area contributed by atoms with E-state index in [1.807, 2.05) is 0 Å². The predicted octanol–water partition coefficient (Wildman–Crippen LogP) is -3.00. The van der Waals surface area contributed by atoms with Crippen LogP contribution in [0.5, 0.6) is 0 Å². The Hall–Kier alpha value is 1.07. The van der Waals surface area contributed by atoms with E-state index >= 15 is 0 Å². The van der Waals surface area contributed by atoms with Crippen LogP contribution >= 0.6 is 0 Å². The fraction of sp³-hybridized carbons (Fsp3) is 1.00. The van der Waals surface area contributed by atoms with Gasteiger partial charge in [-0.15, -0.1) is 0 Å². The third-order valence-electron chi connectivity index (χ3n) is 1.95. The van der Waals surface area contributed by atoms with Gasteiger partial charge in [0, 0.05) is 11.8 Å². The summed E-state index contributed by atoms with van der Waals surface area (Å²) in [7, 11) is 0. The Balaban J connectivity index is 0.000001000. The van der Waals surface area contributed by atoms with E-state index in [1.165, 1.54) is 0 Å². The van der Waals surface area contributed by atoms with Crippen molar-refractivity contribution >= 4 is 11.1 Å². The van der Waals surface area contributed by atoms with E-state index in [0.29, 0.717) is 11.7 Å². The summed E-state index contributed by atoms with van der Waals surface area (Å²) in [6.45, 7) is 0. The molecule has 0 heterocycles. The molecule has 0 radical (unpaired) electrons. The quantitative estimate of drug-likeness (QED) is 0.368. The van der Waals surface area contributed by atoms with Gasteiger partial charge in [-0.1, -0.05) is 11.1 Å². The monoisotopic (exact) mass is 185 g/mol. The summed E-state index contributed by atoms with van der Waals surface area (Å²) >= 11 is -1.88. The summed E-state index contributed by atoms with van der Waals surface area (Å²) in [6.07, 6.45) is 2.85. The molecule has 1 saturated carbocycles. The summed E-state index contributed by atoms with van der Waals surface area (Å²) in [5, 5.41) is 0. The van der Waals surface area contributed by atoms with Gasteiger partial charge in [-0.25, -0.2) is 0 Å². The van der Waals surface area contributed by atoms with Crippen molar-refractivity contribution in [3.05, 3.63) is 0 Å². The molecule has 1 aliphatic rings. The van der Waals surface area contributed by atoms with Gasteiger partial charge in [-0.2, -0.15) is 0 Å². The molecule has 3 nitrogen and oxygen atoms in total. The van der Waals surface area contributed by atoms with Crippen LogP contribution < -0.4 is 35.3 Å². The zero-order valence-corrected chi connectivity index (χ0v) is 9.60. The van der Waals surface area contributed by atoms with Gasteiger partial charge in [-0.05, 0) is 25.2 Å². The standard InChI is InChI=1S/C6H13NO2S.Na/c7-6-2-1-5(3-6)4-10(8)9;/h5-6H,1-4,7H2,(H,8,9);/q;+1/p-1/t5-,6+;/m0./s1. The number of hydrogen-bond donors (Lipinski definition) is 1. The van der Waals surface area contributed by atoms with Crippen molar-refractivity contribution in [2.75, 3.05) is 5.75 Å². The van der Waals surface area contributed by atoms with Gasteiger partial charge in [0.05, 0.1) is 0 Å². The molecule has 1 aliphatic carbocycles. The maximum atomic E-state index is 10.2. The van der Waals surface area contributed by atoms with Crippen molar-refractivity contribution in [2.24, 2.45) is 11.7 Å². The van der Waals surface area contributed by atoms with Crippen molar-refractivity contribution in [1.29, 1.82) is 0 Å². The Morgan fingerprint density at radius 3 is 2.55 bits per heavy atom. The molecule has 5 heteroatoms. The summed E-state index contributed by atoms with van der Waals surface area (Å²) in [5.41, 5.74) is 5.60. The normalized spacial score (nSPS) is 32.9. The van der Waals surface area contributed by atoms with E-state index in [1.54, 1.807) is 0 Å². The smallest absolute Gasteiger partial charge is 0.772 e.